The molecule has 3 nitrogen and oxygen atoms in total. The zero-order valence-corrected chi connectivity index (χ0v) is 13.5. The predicted octanol–water partition coefficient (Wildman–Crippen LogP) is 4.60. The van der Waals surface area contributed by atoms with Gasteiger partial charge in [-0.05, 0) is 49.0 Å². The van der Waals surface area contributed by atoms with E-state index in [0.29, 0.717) is 14.4 Å². The van der Waals surface area contributed by atoms with Crippen LogP contribution < -0.4 is 5.32 Å². The Bertz CT molecular complexity index is 747. The van der Waals surface area contributed by atoms with Gasteiger partial charge in [0.1, 0.15) is 0 Å². The number of carbonyl (C=O) groups excluding carboxylic acids is 1. The number of thiophene rings is 1. The standard InChI is InChI=1S/C15H11ClN2OS2/c1-9-2-4-10(5-3-9)17-15-18-14(19)12(21-15)8-11-6-7-13(16)20-11/h2-8H,1H3,(H,17,18,19). The van der Waals surface area contributed by atoms with Crippen molar-refractivity contribution >= 4 is 57.5 Å². The Hall–Kier alpha value is -1.56. The van der Waals surface area contributed by atoms with Gasteiger partial charge >= 0.3 is 0 Å². The summed E-state index contributed by atoms with van der Waals surface area (Å²) in [6.45, 7) is 2.02. The van der Waals surface area contributed by atoms with Gasteiger partial charge in [0.2, 0.25) is 0 Å². The maximum absolute atomic E-state index is 11.9. The van der Waals surface area contributed by atoms with E-state index in [0.717, 1.165) is 10.6 Å². The van der Waals surface area contributed by atoms with Gasteiger partial charge in [-0.25, -0.2) is 4.99 Å². The number of thioether (sulfide) groups is 1. The van der Waals surface area contributed by atoms with E-state index < -0.39 is 0 Å². The highest BCUT2D eigenvalue weighted by molar-refractivity contribution is 8.18. The van der Waals surface area contributed by atoms with Gasteiger partial charge in [-0.2, -0.15) is 0 Å². The molecule has 3 rings (SSSR count). The molecule has 2 aromatic rings. The van der Waals surface area contributed by atoms with Gasteiger partial charge in [0.25, 0.3) is 5.91 Å². The zero-order valence-electron chi connectivity index (χ0n) is 11.1. The van der Waals surface area contributed by atoms with Crippen molar-refractivity contribution < 1.29 is 4.79 Å². The SMILES string of the molecule is Cc1ccc(N=C2NC(=O)C(=Cc3ccc(Cl)s3)S2)cc1. The third-order valence-electron chi connectivity index (χ3n) is 2.78. The molecule has 0 atom stereocenters. The number of rotatable bonds is 2. The molecule has 0 aliphatic carbocycles. The highest BCUT2D eigenvalue weighted by Crippen LogP contribution is 2.31. The number of nitrogens with zero attached hydrogens (tertiary/aromatic N) is 1. The van der Waals surface area contributed by atoms with Crippen LogP contribution in [0.25, 0.3) is 6.08 Å². The minimum atomic E-state index is -0.129. The number of aliphatic imine (C=N–C) groups is 1. The molecule has 106 valence electrons. The normalized spacial score (nSPS) is 18.5. The Labute approximate surface area is 135 Å². The van der Waals surface area contributed by atoms with Crippen LogP contribution in [0.3, 0.4) is 0 Å². The molecule has 6 heteroatoms. The molecule has 21 heavy (non-hydrogen) atoms. The van der Waals surface area contributed by atoms with Crippen molar-refractivity contribution in [3.8, 4) is 0 Å². The van der Waals surface area contributed by atoms with E-state index in [4.69, 9.17) is 11.6 Å². The van der Waals surface area contributed by atoms with Crippen molar-refractivity contribution in [1.82, 2.24) is 5.32 Å². The number of hydrogen-bond acceptors (Lipinski definition) is 4. The molecular formula is C15H11ClN2OS2. The maximum atomic E-state index is 11.9. The lowest BCUT2D eigenvalue weighted by Crippen LogP contribution is -2.19. The first-order chi connectivity index (χ1) is 10.1. The zero-order chi connectivity index (χ0) is 14.8. The van der Waals surface area contributed by atoms with Crippen molar-refractivity contribution in [2.24, 2.45) is 4.99 Å². The second kappa shape index (κ2) is 6.05. The summed E-state index contributed by atoms with van der Waals surface area (Å²) in [6.07, 6.45) is 1.83. The Morgan fingerprint density at radius 2 is 1.95 bits per heavy atom. The Morgan fingerprint density at radius 1 is 1.19 bits per heavy atom. The van der Waals surface area contributed by atoms with Gasteiger partial charge in [-0.1, -0.05) is 29.3 Å². The summed E-state index contributed by atoms with van der Waals surface area (Å²) in [5.41, 5.74) is 2.00. The molecule has 0 unspecified atom stereocenters. The first-order valence-corrected chi connectivity index (χ1v) is 8.23. The van der Waals surface area contributed by atoms with Gasteiger partial charge in [0.15, 0.2) is 5.17 Å². The monoisotopic (exact) mass is 334 g/mol. The van der Waals surface area contributed by atoms with E-state index in [1.807, 2.05) is 49.4 Å². The second-order valence-electron chi connectivity index (χ2n) is 4.46. The summed E-state index contributed by atoms with van der Waals surface area (Å²) in [7, 11) is 0. The van der Waals surface area contributed by atoms with Crippen LogP contribution in [0.15, 0.2) is 46.3 Å². The minimum absolute atomic E-state index is 0.129. The number of benzene rings is 1. The number of halogens is 1. The summed E-state index contributed by atoms with van der Waals surface area (Å²) in [4.78, 5) is 17.9. The second-order valence-corrected chi connectivity index (χ2v) is 7.24. The van der Waals surface area contributed by atoms with Crippen LogP contribution in [0, 0.1) is 6.92 Å². The van der Waals surface area contributed by atoms with Gasteiger partial charge in [0, 0.05) is 4.88 Å². The molecule has 1 N–H and O–H groups in total. The Morgan fingerprint density at radius 3 is 2.62 bits per heavy atom. The summed E-state index contributed by atoms with van der Waals surface area (Å²) >= 11 is 8.66. The topological polar surface area (TPSA) is 41.5 Å². The third kappa shape index (κ3) is 3.56. The van der Waals surface area contributed by atoms with Crippen molar-refractivity contribution in [3.05, 3.63) is 56.1 Å². The lowest BCUT2D eigenvalue weighted by atomic mass is 10.2. The average Bonchev–Trinajstić information content (AvgIpc) is 3.00. The quantitative estimate of drug-likeness (QED) is 0.815. The lowest BCUT2D eigenvalue weighted by molar-refractivity contribution is -0.115. The van der Waals surface area contributed by atoms with Gasteiger partial charge in [-0.3, -0.25) is 4.79 Å². The van der Waals surface area contributed by atoms with E-state index >= 15 is 0 Å². The van der Waals surface area contributed by atoms with E-state index in [2.05, 4.69) is 10.3 Å². The molecule has 1 aliphatic rings. The number of hydrogen-bond donors (Lipinski definition) is 1. The molecule has 1 saturated heterocycles. The van der Waals surface area contributed by atoms with E-state index in [1.165, 1.54) is 28.7 Å². The smallest absolute Gasteiger partial charge is 0.264 e. The van der Waals surface area contributed by atoms with Gasteiger partial charge in [-0.15, -0.1) is 11.3 Å². The molecular weight excluding hydrogens is 324 g/mol. The molecule has 1 aromatic carbocycles. The number of amidine groups is 1. The first-order valence-electron chi connectivity index (χ1n) is 6.22. The summed E-state index contributed by atoms with van der Waals surface area (Å²) in [6, 6.07) is 11.5. The van der Waals surface area contributed by atoms with Crippen LogP contribution in [0.4, 0.5) is 5.69 Å². The van der Waals surface area contributed by atoms with E-state index in [1.54, 1.807) is 0 Å². The molecule has 0 radical (unpaired) electrons. The van der Waals surface area contributed by atoms with Crippen LogP contribution in [-0.4, -0.2) is 11.1 Å². The first kappa shape index (κ1) is 14.4. The Kier molecular flexibility index (Phi) is 4.14. The molecule has 1 aromatic heterocycles. The lowest BCUT2D eigenvalue weighted by Gasteiger charge is -1.96. The summed E-state index contributed by atoms with van der Waals surface area (Å²) in [5, 5.41) is 3.37. The Balaban J connectivity index is 1.81. The molecule has 2 heterocycles. The van der Waals surface area contributed by atoms with Crippen LogP contribution in [0.2, 0.25) is 4.34 Å². The van der Waals surface area contributed by atoms with E-state index in [-0.39, 0.29) is 5.91 Å². The molecule has 0 bridgehead atoms. The number of nitrogens with one attached hydrogen (secondary N) is 1. The van der Waals surface area contributed by atoms with Crippen LogP contribution in [0.5, 0.6) is 0 Å². The van der Waals surface area contributed by atoms with Crippen molar-refractivity contribution in [2.75, 3.05) is 0 Å². The van der Waals surface area contributed by atoms with Crippen LogP contribution in [-0.2, 0) is 4.79 Å². The van der Waals surface area contributed by atoms with Crippen molar-refractivity contribution in [1.29, 1.82) is 0 Å². The highest BCUT2D eigenvalue weighted by atomic mass is 35.5. The summed E-state index contributed by atoms with van der Waals surface area (Å²) < 4.78 is 0.707. The van der Waals surface area contributed by atoms with Crippen LogP contribution >= 0.6 is 34.7 Å². The molecule has 0 saturated carbocycles. The van der Waals surface area contributed by atoms with Gasteiger partial charge in [0.05, 0.1) is 14.9 Å². The number of aryl methyl sites for hydroxylation is 1. The fourth-order valence-electron chi connectivity index (χ4n) is 1.75. The largest absolute Gasteiger partial charge is 0.300 e. The molecule has 0 spiro atoms. The molecule has 1 amide bonds. The highest BCUT2D eigenvalue weighted by Gasteiger charge is 2.23. The molecule has 1 aliphatic heterocycles. The van der Waals surface area contributed by atoms with Gasteiger partial charge < -0.3 is 5.32 Å². The minimum Gasteiger partial charge on any atom is -0.300 e. The van der Waals surface area contributed by atoms with Crippen LogP contribution in [0.1, 0.15) is 10.4 Å². The number of amides is 1. The maximum Gasteiger partial charge on any atom is 0.264 e. The van der Waals surface area contributed by atoms with Crippen molar-refractivity contribution in [3.63, 3.8) is 0 Å². The van der Waals surface area contributed by atoms with Crippen molar-refractivity contribution in [2.45, 2.75) is 6.92 Å². The predicted molar refractivity (Wildman–Crippen MR) is 91.3 cm³/mol. The van der Waals surface area contributed by atoms with E-state index in [9.17, 15) is 4.79 Å². The average molecular weight is 335 g/mol. The fraction of sp³-hybridized carbons (Fsp3) is 0.0667. The summed E-state index contributed by atoms with van der Waals surface area (Å²) in [5.74, 6) is -0.129. The third-order valence-corrected chi connectivity index (χ3v) is 4.87. The fourth-order valence-corrected chi connectivity index (χ4v) is 3.66. The number of carbonyl (C=O) groups is 1. The molecule has 1 fully saturated rings.